The molecule has 0 bridgehead atoms. The molecular weight excluding hydrogens is 498 g/mol. The SMILES string of the molecule is O=C1S/C(=C/c2cccc(OCc3ccc(Cl)cc3)c2)C(=O)N1Cc1cccc(Br)c1. The van der Waals surface area contributed by atoms with Crippen LogP contribution in [0.25, 0.3) is 6.08 Å². The van der Waals surface area contributed by atoms with Gasteiger partial charge in [-0.1, -0.05) is 63.9 Å². The zero-order chi connectivity index (χ0) is 21.8. The molecule has 4 rings (SSSR count). The zero-order valence-corrected chi connectivity index (χ0v) is 19.4. The van der Waals surface area contributed by atoms with E-state index in [1.807, 2.05) is 72.8 Å². The highest BCUT2D eigenvalue weighted by molar-refractivity contribution is 9.10. The van der Waals surface area contributed by atoms with Crippen LogP contribution in [-0.4, -0.2) is 16.0 Å². The first-order chi connectivity index (χ1) is 15.0. The van der Waals surface area contributed by atoms with Crippen molar-refractivity contribution >= 4 is 56.5 Å². The highest BCUT2D eigenvalue weighted by Crippen LogP contribution is 2.34. The maximum absolute atomic E-state index is 12.8. The predicted molar refractivity (Wildman–Crippen MR) is 128 cm³/mol. The van der Waals surface area contributed by atoms with E-state index in [4.69, 9.17) is 16.3 Å². The normalized spacial score (nSPS) is 15.0. The Morgan fingerprint density at radius 3 is 2.52 bits per heavy atom. The van der Waals surface area contributed by atoms with E-state index >= 15 is 0 Å². The molecule has 0 saturated carbocycles. The lowest BCUT2D eigenvalue weighted by Crippen LogP contribution is -2.27. The number of carbonyl (C=O) groups excluding carboxylic acids is 2. The Kier molecular flexibility index (Phi) is 6.80. The second kappa shape index (κ2) is 9.73. The summed E-state index contributed by atoms with van der Waals surface area (Å²) < 4.78 is 6.76. The number of hydrogen-bond acceptors (Lipinski definition) is 4. The van der Waals surface area contributed by atoms with Gasteiger partial charge in [0.2, 0.25) is 0 Å². The molecule has 0 aromatic heterocycles. The third-order valence-corrected chi connectivity index (χ3v) is 6.23. The number of imide groups is 1. The maximum atomic E-state index is 12.8. The molecular formula is C24H17BrClNO3S. The van der Waals surface area contributed by atoms with Crippen molar-refractivity contribution in [1.29, 1.82) is 0 Å². The summed E-state index contributed by atoms with van der Waals surface area (Å²) in [5, 5.41) is 0.408. The molecule has 3 aromatic carbocycles. The van der Waals surface area contributed by atoms with Gasteiger partial charge in [-0.3, -0.25) is 14.5 Å². The molecule has 0 atom stereocenters. The number of amides is 2. The van der Waals surface area contributed by atoms with E-state index in [0.717, 1.165) is 32.9 Å². The van der Waals surface area contributed by atoms with Crippen LogP contribution >= 0.6 is 39.3 Å². The van der Waals surface area contributed by atoms with Crippen molar-refractivity contribution in [1.82, 2.24) is 4.90 Å². The fraction of sp³-hybridized carbons (Fsp3) is 0.0833. The molecule has 1 aliphatic rings. The molecule has 0 spiro atoms. The first kappa shape index (κ1) is 21.7. The van der Waals surface area contributed by atoms with E-state index in [9.17, 15) is 9.59 Å². The smallest absolute Gasteiger partial charge is 0.293 e. The average molecular weight is 515 g/mol. The summed E-state index contributed by atoms with van der Waals surface area (Å²) in [5.41, 5.74) is 2.68. The second-order valence-corrected chi connectivity index (χ2v) is 9.23. The van der Waals surface area contributed by atoms with Crippen molar-refractivity contribution in [2.24, 2.45) is 0 Å². The van der Waals surface area contributed by atoms with Crippen LogP contribution in [0.1, 0.15) is 16.7 Å². The Morgan fingerprint density at radius 2 is 1.74 bits per heavy atom. The molecule has 1 fully saturated rings. The number of carbonyl (C=O) groups is 2. The minimum absolute atomic E-state index is 0.242. The van der Waals surface area contributed by atoms with Crippen LogP contribution in [0.15, 0.2) is 82.2 Å². The number of halogens is 2. The summed E-state index contributed by atoms with van der Waals surface area (Å²) in [5.74, 6) is 0.388. The molecule has 0 unspecified atom stereocenters. The van der Waals surface area contributed by atoms with Gasteiger partial charge in [-0.15, -0.1) is 0 Å². The van der Waals surface area contributed by atoms with E-state index in [-0.39, 0.29) is 17.7 Å². The quantitative estimate of drug-likeness (QED) is 0.335. The molecule has 0 radical (unpaired) electrons. The van der Waals surface area contributed by atoms with E-state index in [0.29, 0.717) is 22.3 Å². The van der Waals surface area contributed by atoms with Gasteiger partial charge in [0.05, 0.1) is 11.4 Å². The summed E-state index contributed by atoms with van der Waals surface area (Å²) in [6, 6.07) is 22.5. The first-order valence-electron chi connectivity index (χ1n) is 9.45. The van der Waals surface area contributed by atoms with Gasteiger partial charge in [0.15, 0.2) is 0 Å². The molecule has 0 N–H and O–H groups in total. The Balaban J connectivity index is 1.45. The fourth-order valence-corrected chi connectivity index (χ4v) is 4.46. The van der Waals surface area contributed by atoms with E-state index in [1.54, 1.807) is 6.08 Å². The maximum Gasteiger partial charge on any atom is 0.293 e. The van der Waals surface area contributed by atoms with Crippen LogP contribution in [0.2, 0.25) is 5.02 Å². The van der Waals surface area contributed by atoms with Gasteiger partial charge in [0.25, 0.3) is 11.1 Å². The van der Waals surface area contributed by atoms with Gasteiger partial charge in [0, 0.05) is 9.50 Å². The highest BCUT2D eigenvalue weighted by Gasteiger charge is 2.35. The van der Waals surface area contributed by atoms with Crippen LogP contribution in [0.4, 0.5) is 4.79 Å². The largest absolute Gasteiger partial charge is 0.489 e. The van der Waals surface area contributed by atoms with E-state index in [1.165, 1.54) is 4.90 Å². The van der Waals surface area contributed by atoms with Crippen LogP contribution < -0.4 is 4.74 Å². The predicted octanol–water partition coefficient (Wildman–Crippen LogP) is 6.92. The Hall–Kier alpha value is -2.54. The highest BCUT2D eigenvalue weighted by atomic mass is 79.9. The van der Waals surface area contributed by atoms with Gasteiger partial charge in [-0.05, 0) is 70.9 Å². The first-order valence-corrected chi connectivity index (χ1v) is 11.4. The topological polar surface area (TPSA) is 46.6 Å². The van der Waals surface area contributed by atoms with Gasteiger partial charge in [-0.2, -0.15) is 0 Å². The van der Waals surface area contributed by atoms with Gasteiger partial charge >= 0.3 is 0 Å². The van der Waals surface area contributed by atoms with Crippen molar-refractivity contribution < 1.29 is 14.3 Å². The summed E-state index contributed by atoms with van der Waals surface area (Å²) in [6.07, 6.45) is 1.72. The monoisotopic (exact) mass is 513 g/mol. The Morgan fingerprint density at radius 1 is 0.968 bits per heavy atom. The molecule has 1 heterocycles. The number of ether oxygens (including phenoxy) is 1. The lowest BCUT2D eigenvalue weighted by molar-refractivity contribution is -0.123. The summed E-state index contributed by atoms with van der Waals surface area (Å²) in [6.45, 7) is 0.648. The van der Waals surface area contributed by atoms with Crippen molar-refractivity contribution in [2.45, 2.75) is 13.2 Å². The van der Waals surface area contributed by atoms with Crippen LogP contribution in [0, 0.1) is 0 Å². The molecule has 0 aliphatic carbocycles. The molecule has 31 heavy (non-hydrogen) atoms. The van der Waals surface area contributed by atoms with Crippen LogP contribution in [0.3, 0.4) is 0 Å². The zero-order valence-electron chi connectivity index (χ0n) is 16.3. The number of rotatable bonds is 6. The van der Waals surface area contributed by atoms with Crippen molar-refractivity contribution in [3.8, 4) is 5.75 Å². The molecule has 1 saturated heterocycles. The van der Waals surface area contributed by atoms with Crippen LogP contribution in [0.5, 0.6) is 5.75 Å². The van der Waals surface area contributed by atoms with Crippen molar-refractivity contribution in [3.63, 3.8) is 0 Å². The Labute approximate surface area is 198 Å². The number of nitrogens with zero attached hydrogens (tertiary/aromatic N) is 1. The summed E-state index contributed by atoms with van der Waals surface area (Å²) in [7, 11) is 0. The molecule has 1 aliphatic heterocycles. The molecule has 7 heteroatoms. The minimum Gasteiger partial charge on any atom is -0.489 e. The van der Waals surface area contributed by atoms with Crippen molar-refractivity contribution in [3.05, 3.63) is 104 Å². The van der Waals surface area contributed by atoms with E-state index in [2.05, 4.69) is 15.9 Å². The standard InChI is InChI=1S/C24H17BrClNO3S/c25-19-5-1-4-18(11-19)14-27-23(28)22(31-24(27)29)13-17-3-2-6-21(12-17)30-15-16-7-9-20(26)10-8-16/h1-13H,14-15H2/b22-13+. The van der Waals surface area contributed by atoms with E-state index < -0.39 is 0 Å². The van der Waals surface area contributed by atoms with Crippen LogP contribution in [-0.2, 0) is 17.9 Å². The third kappa shape index (κ3) is 5.58. The lowest BCUT2D eigenvalue weighted by atomic mass is 10.2. The molecule has 3 aromatic rings. The van der Waals surface area contributed by atoms with Gasteiger partial charge < -0.3 is 4.74 Å². The Bertz CT molecular complexity index is 1160. The third-order valence-electron chi connectivity index (χ3n) is 4.58. The summed E-state index contributed by atoms with van der Waals surface area (Å²) >= 11 is 10.3. The fourth-order valence-electron chi connectivity index (χ4n) is 3.05. The molecule has 2 amide bonds. The van der Waals surface area contributed by atoms with Gasteiger partial charge in [-0.25, -0.2) is 0 Å². The lowest BCUT2D eigenvalue weighted by Gasteiger charge is -2.12. The van der Waals surface area contributed by atoms with Crippen molar-refractivity contribution in [2.75, 3.05) is 0 Å². The second-order valence-electron chi connectivity index (χ2n) is 6.89. The summed E-state index contributed by atoms with van der Waals surface area (Å²) in [4.78, 5) is 26.9. The number of thioether (sulfide) groups is 1. The molecule has 4 nitrogen and oxygen atoms in total. The molecule has 156 valence electrons. The number of hydrogen-bond donors (Lipinski definition) is 0. The number of benzene rings is 3. The minimum atomic E-state index is -0.289. The average Bonchev–Trinajstić information content (AvgIpc) is 3.01. The van der Waals surface area contributed by atoms with Gasteiger partial charge in [0.1, 0.15) is 12.4 Å².